The monoisotopic (exact) mass is 1080 g/mol. The highest BCUT2D eigenvalue weighted by Crippen LogP contribution is 2.18. The van der Waals surface area contributed by atoms with Crippen molar-refractivity contribution >= 4 is 11.9 Å². The summed E-state index contributed by atoms with van der Waals surface area (Å²) >= 11 is 0. The molecule has 0 aromatic rings. The van der Waals surface area contributed by atoms with E-state index in [2.05, 4.69) is 55.6 Å². The summed E-state index contributed by atoms with van der Waals surface area (Å²) in [4.78, 5) is 24.5. The molecule has 454 valence electrons. The van der Waals surface area contributed by atoms with E-state index in [9.17, 15) is 19.8 Å². The van der Waals surface area contributed by atoms with Crippen LogP contribution < -0.4 is 5.32 Å². The van der Waals surface area contributed by atoms with Crippen LogP contribution in [0.4, 0.5) is 0 Å². The molecule has 0 saturated heterocycles. The number of carbonyl (C=O) groups excluding carboxylic acids is 2. The lowest BCUT2D eigenvalue weighted by Gasteiger charge is -2.22. The third-order valence-corrected chi connectivity index (χ3v) is 16.2. The minimum absolute atomic E-state index is 0.0111. The Labute approximate surface area is 481 Å². The molecule has 0 heterocycles. The number of hydrogen-bond donors (Lipinski definition) is 3. The Hall–Kier alpha value is -1.92. The van der Waals surface area contributed by atoms with Gasteiger partial charge in [0.1, 0.15) is 0 Å². The molecule has 3 N–H and O–H groups in total. The summed E-state index contributed by atoms with van der Waals surface area (Å²) in [6, 6.07) is -0.537. The third-order valence-electron chi connectivity index (χ3n) is 16.2. The molecule has 6 heteroatoms. The zero-order valence-electron chi connectivity index (χ0n) is 52.0. The van der Waals surface area contributed by atoms with Crippen LogP contribution in [0.5, 0.6) is 0 Å². The molecule has 0 aliphatic heterocycles. The highest BCUT2D eigenvalue weighted by molar-refractivity contribution is 5.76. The summed E-state index contributed by atoms with van der Waals surface area (Å²) in [7, 11) is 0. The molecule has 0 fully saturated rings. The lowest BCUT2D eigenvalue weighted by molar-refractivity contribution is -0.143. The Bertz CT molecular complexity index is 1250. The topological polar surface area (TPSA) is 95.9 Å². The van der Waals surface area contributed by atoms with Crippen LogP contribution in [-0.4, -0.2) is 47.4 Å². The minimum Gasteiger partial charge on any atom is -0.466 e. The van der Waals surface area contributed by atoms with E-state index in [-0.39, 0.29) is 18.5 Å². The Morgan fingerprint density at radius 3 is 1.03 bits per heavy atom. The Morgan fingerprint density at radius 1 is 0.364 bits per heavy atom. The predicted molar refractivity (Wildman–Crippen MR) is 338 cm³/mol. The average Bonchev–Trinajstić information content (AvgIpc) is 3.43. The van der Waals surface area contributed by atoms with Crippen LogP contribution in [0, 0.1) is 0 Å². The van der Waals surface area contributed by atoms with Gasteiger partial charge in [-0.1, -0.05) is 320 Å². The van der Waals surface area contributed by atoms with Crippen molar-refractivity contribution in [3.63, 3.8) is 0 Å². The van der Waals surface area contributed by atoms with Crippen molar-refractivity contribution in [3.05, 3.63) is 36.5 Å². The lowest BCUT2D eigenvalue weighted by atomic mass is 10.0. The number of aliphatic hydroxyl groups is 2. The van der Waals surface area contributed by atoms with Crippen LogP contribution in [0.2, 0.25) is 0 Å². The molecule has 6 nitrogen and oxygen atoms in total. The van der Waals surface area contributed by atoms with E-state index in [1.54, 1.807) is 0 Å². The van der Waals surface area contributed by atoms with E-state index in [1.807, 2.05) is 0 Å². The van der Waals surface area contributed by atoms with Crippen LogP contribution in [0.3, 0.4) is 0 Å². The normalized spacial score (nSPS) is 12.7. The summed E-state index contributed by atoms with van der Waals surface area (Å²) in [6.07, 6.45) is 84.9. The number of unbranched alkanes of at least 4 members (excludes halogenated alkanes) is 48. The van der Waals surface area contributed by atoms with Gasteiger partial charge in [-0.05, 0) is 83.5 Å². The van der Waals surface area contributed by atoms with Crippen molar-refractivity contribution in [1.29, 1.82) is 0 Å². The zero-order chi connectivity index (χ0) is 55.7. The van der Waals surface area contributed by atoms with E-state index in [0.717, 1.165) is 51.4 Å². The number of hydrogen-bond acceptors (Lipinski definition) is 5. The average molecular weight is 1080 g/mol. The number of allylic oxidation sites excluding steroid dienone is 6. The lowest BCUT2D eigenvalue weighted by Crippen LogP contribution is -2.45. The second-order valence-electron chi connectivity index (χ2n) is 23.9. The van der Waals surface area contributed by atoms with Crippen molar-refractivity contribution < 1.29 is 24.5 Å². The van der Waals surface area contributed by atoms with E-state index >= 15 is 0 Å². The van der Waals surface area contributed by atoms with Crippen LogP contribution in [0.15, 0.2) is 36.5 Å². The van der Waals surface area contributed by atoms with Gasteiger partial charge in [0.25, 0.3) is 0 Å². The maximum atomic E-state index is 12.4. The number of aliphatic hydroxyl groups excluding tert-OH is 2. The van der Waals surface area contributed by atoms with Gasteiger partial charge in [0, 0.05) is 12.8 Å². The van der Waals surface area contributed by atoms with Gasteiger partial charge in [-0.25, -0.2) is 0 Å². The number of rotatable bonds is 65. The van der Waals surface area contributed by atoms with E-state index in [4.69, 9.17) is 4.74 Å². The van der Waals surface area contributed by atoms with Gasteiger partial charge in [0.05, 0.1) is 25.4 Å². The highest BCUT2D eigenvalue weighted by atomic mass is 16.5. The number of carbonyl (C=O) groups is 2. The first kappa shape index (κ1) is 75.1. The molecule has 0 saturated carbocycles. The third kappa shape index (κ3) is 63.1. The van der Waals surface area contributed by atoms with Gasteiger partial charge in [0.15, 0.2) is 0 Å². The molecule has 0 radical (unpaired) electrons. The Kier molecular flexibility index (Phi) is 64.9. The van der Waals surface area contributed by atoms with Crippen LogP contribution >= 0.6 is 0 Å². The molecular formula is C71H135NO5. The molecule has 2 unspecified atom stereocenters. The molecule has 0 aliphatic rings. The van der Waals surface area contributed by atoms with Crippen molar-refractivity contribution in [2.45, 2.75) is 392 Å². The predicted octanol–water partition coefficient (Wildman–Crippen LogP) is 22.3. The van der Waals surface area contributed by atoms with E-state index in [1.165, 1.54) is 295 Å². The van der Waals surface area contributed by atoms with Crippen molar-refractivity contribution in [3.8, 4) is 0 Å². The van der Waals surface area contributed by atoms with Crippen molar-refractivity contribution in [1.82, 2.24) is 5.32 Å². The van der Waals surface area contributed by atoms with Gasteiger partial charge in [-0.15, -0.1) is 0 Å². The summed E-state index contributed by atoms with van der Waals surface area (Å²) in [5, 5.41) is 23.2. The number of nitrogens with one attached hydrogen (secondary N) is 1. The summed E-state index contributed by atoms with van der Waals surface area (Å²) in [6.45, 7) is 4.93. The highest BCUT2D eigenvalue weighted by Gasteiger charge is 2.20. The van der Waals surface area contributed by atoms with Gasteiger partial charge < -0.3 is 20.3 Å². The maximum absolute atomic E-state index is 12.4. The van der Waals surface area contributed by atoms with Crippen LogP contribution in [0.25, 0.3) is 0 Å². The standard InChI is InChI=1S/C71H135NO5/c1-3-5-7-9-11-13-15-16-17-35-39-42-45-49-53-57-61-65-71(76)77-66-62-58-54-50-46-43-40-37-34-32-30-28-26-24-22-20-18-19-21-23-25-27-29-31-33-36-38-41-44-48-52-56-60-64-70(75)72-68(67-73)69(74)63-59-55-51-47-14-12-10-8-6-4-2/h11,13,16-17,22,24,68-69,73-74H,3-10,12,14-15,18-21,23,25-67H2,1-2H3,(H,72,75)/b13-11-,17-16-,24-22-. The van der Waals surface area contributed by atoms with Gasteiger partial charge in [-0.2, -0.15) is 0 Å². The zero-order valence-corrected chi connectivity index (χ0v) is 52.0. The van der Waals surface area contributed by atoms with Gasteiger partial charge >= 0.3 is 5.97 Å². The number of esters is 1. The largest absolute Gasteiger partial charge is 0.466 e. The Morgan fingerprint density at radius 2 is 0.649 bits per heavy atom. The van der Waals surface area contributed by atoms with Crippen molar-refractivity contribution in [2.24, 2.45) is 0 Å². The fraction of sp³-hybridized carbons (Fsp3) is 0.887. The molecule has 1 amide bonds. The molecule has 0 rings (SSSR count). The maximum Gasteiger partial charge on any atom is 0.305 e. The molecule has 0 bridgehead atoms. The molecule has 77 heavy (non-hydrogen) atoms. The molecule has 0 spiro atoms. The molecule has 0 aliphatic carbocycles. The van der Waals surface area contributed by atoms with Gasteiger partial charge in [0.2, 0.25) is 5.91 Å². The SMILES string of the molecule is CCCCC/C=C\C/C=C\CCCCCCCCCC(=O)OCCCCCCCCCCCCCC/C=C\CCCCCCCCCCCCCCCCCCCC(=O)NC(CO)C(O)CCCCCCCCCCCC. The number of ether oxygens (including phenoxy) is 1. The van der Waals surface area contributed by atoms with E-state index < -0.39 is 12.1 Å². The first-order valence-electron chi connectivity index (χ1n) is 34.7. The van der Waals surface area contributed by atoms with Crippen LogP contribution in [-0.2, 0) is 14.3 Å². The molecule has 2 atom stereocenters. The molecule has 0 aromatic carbocycles. The smallest absolute Gasteiger partial charge is 0.305 e. The van der Waals surface area contributed by atoms with E-state index in [0.29, 0.717) is 25.9 Å². The van der Waals surface area contributed by atoms with Crippen LogP contribution in [0.1, 0.15) is 380 Å². The first-order chi connectivity index (χ1) is 38.0. The molecular weight excluding hydrogens is 947 g/mol. The second-order valence-corrected chi connectivity index (χ2v) is 23.9. The summed E-state index contributed by atoms with van der Waals surface area (Å²) < 4.78 is 5.50. The minimum atomic E-state index is -0.660. The Balaban J connectivity index is 3.32. The quantitative estimate of drug-likeness (QED) is 0.0320. The first-order valence-corrected chi connectivity index (χ1v) is 34.7. The summed E-state index contributed by atoms with van der Waals surface area (Å²) in [5.74, 6) is -0.0211. The fourth-order valence-corrected chi connectivity index (χ4v) is 10.8. The summed E-state index contributed by atoms with van der Waals surface area (Å²) in [5.41, 5.74) is 0. The second kappa shape index (κ2) is 66.6. The number of amides is 1. The van der Waals surface area contributed by atoms with Gasteiger partial charge in [-0.3, -0.25) is 9.59 Å². The fourth-order valence-electron chi connectivity index (χ4n) is 10.8. The van der Waals surface area contributed by atoms with Crippen molar-refractivity contribution in [2.75, 3.05) is 13.2 Å². The molecule has 0 aromatic heterocycles.